The number of benzene rings is 2. The number of carbonyl (C=O) groups excluding carboxylic acids is 1. The summed E-state index contributed by atoms with van der Waals surface area (Å²) in [5, 5.41) is 5.07. The molecule has 0 unspecified atom stereocenters. The van der Waals surface area contributed by atoms with Crippen LogP contribution < -0.4 is 10.6 Å². The van der Waals surface area contributed by atoms with Crippen molar-refractivity contribution < 1.29 is 14.5 Å². The molecule has 128 valence electrons. The number of furan rings is 1. The Kier molecular flexibility index (Phi) is 5.65. The van der Waals surface area contributed by atoms with Gasteiger partial charge in [0.2, 0.25) is 0 Å². The molecule has 0 aliphatic rings. The van der Waals surface area contributed by atoms with E-state index in [-0.39, 0.29) is 11.9 Å². The molecule has 3 N–H and O–H groups in total. The van der Waals surface area contributed by atoms with Crippen molar-refractivity contribution >= 4 is 11.6 Å². The number of hydrogen-bond donors (Lipinski definition) is 2. The number of anilines is 1. The lowest BCUT2D eigenvalue weighted by molar-refractivity contribution is -0.682. The number of amides is 1. The highest BCUT2D eigenvalue weighted by molar-refractivity contribution is 5.94. The second-order valence-electron chi connectivity index (χ2n) is 6.10. The fourth-order valence-corrected chi connectivity index (χ4v) is 2.76. The maximum absolute atomic E-state index is 12.8. The molecule has 1 heterocycles. The first-order valence-electron chi connectivity index (χ1n) is 8.50. The van der Waals surface area contributed by atoms with Gasteiger partial charge in [-0.2, -0.15) is 0 Å². The lowest BCUT2D eigenvalue weighted by Gasteiger charge is -2.16. The van der Waals surface area contributed by atoms with Crippen LogP contribution >= 0.6 is 0 Å². The fraction of sp³-hybridized carbons (Fsp3) is 0.190. The van der Waals surface area contributed by atoms with Crippen LogP contribution in [0.4, 0.5) is 5.69 Å². The van der Waals surface area contributed by atoms with Crippen molar-refractivity contribution in [3.63, 3.8) is 0 Å². The van der Waals surface area contributed by atoms with Gasteiger partial charge in [-0.15, -0.1) is 0 Å². The van der Waals surface area contributed by atoms with Crippen LogP contribution in [0.1, 0.15) is 22.9 Å². The van der Waals surface area contributed by atoms with Crippen LogP contribution in [0.25, 0.3) is 0 Å². The Morgan fingerprint density at radius 3 is 2.48 bits per heavy atom. The Hall–Kier alpha value is -2.85. The number of rotatable bonds is 7. The zero-order valence-electron chi connectivity index (χ0n) is 14.3. The van der Waals surface area contributed by atoms with Gasteiger partial charge in [-0.05, 0) is 31.2 Å². The van der Waals surface area contributed by atoms with Gasteiger partial charge in [0.05, 0.1) is 19.2 Å². The Morgan fingerprint density at radius 1 is 1.04 bits per heavy atom. The summed E-state index contributed by atoms with van der Waals surface area (Å²) < 4.78 is 5.37. The lowest BCUT2D eigenvalue weighted by atomic mass is 10.1. The van der Waals surface area contributed by atoms with Crippen LogP contribution in [0.15, 0.2) is 77.4 Å². The normalized spacial score (nSPS) is 11.9. The van der Waals surface area contributed by atoms with Crippen molar-refractivity contribution in [3.8, 4) is 0 Å². The van der Waals surface area contributed by atoms with Gasteiger partial charge in [0.25, 0.3) is 5.91 Å². The van der Waals surface area contributed by atoms with Gasteiger partial charge in [-0.3, -0.25) is 4.79 Å². The summed E-state index contributed by atoms with van der Waals surface area (Å²) in [6.07, 6.45) is 2.46. The Bertz CT molecular complexity index is 781. The lowest BCUT2D eigenvalue weighted by Crippen LogP contribution is -2.87. The average Bonchev–Trinajstić information content (AvgIpc) is 3.15. The van der Waals surface area contributed by atoms with E-state index in [1.165, 1.54) is 5.56 Å². The minimum Gasteiger partial charge on any atom is -0.469 e. The van der Waals surface area contributed by atoms with Crippen molar-refractivity contribution in [1.82, 2.24) is 0 Å². The Morgan fingerprint density at radius 2 is 1.80 bits per heavy atom. The van der Waals surface area contributed by atoms with E-state index in [1.54, 1.807) is 6.26 Å². The van der Waals surface area contributed by atoms with E-state index < -0.39 is 0 Å². The molecule has 4 nitrogen and oxygen atoms in total. The van der Waals surface area contributed by atoms with Crippen molar-refractivity contribution in [3.05, 3.63) is 89.9 Å². The molecule has 2 aromatic carbocycles. The average molecular weight is 335 g/mol. The minimum absolute atomic E-state index is 0.0190. The fourth-order valence-electron chi connectivity index (χ4n) is 2.76. The molecule has 1 atom stereocenters. The molecule has 1 aromatic heterocycles. The van der Waals surface area contributed by atoms with Crippen molar-refractivity contribution in [2.24, 2.45) is 0 Å². The quantitative estimate of drug-likeness (QED) is 0.697. The Balaban J connectivity index is 1.68. The zero-order valence-corrected chi connectivity index (χ0v) is 14.3. The maximum atomic E-state index is 12.8. The van der Waals surface area contributed by atoms with Gasteiger partial charge in [0.15, 0.2) is 6.04 Å². The molecular formula is C21H23N2O2+. The van der Waals surface area contributed by atoms with E-state index in [4.69, 9.17) is 4.42 Å². The predicted octanol–water partition coefficient (Wildman–Crippen LogP) is 3.07. The largest absolute Gasteiger partial charge is 0.469 e. The van der Waals surface area contributed by atoms with Gasteiger partial charge in [-0.1, -0.05) is 48.0 Å². The highest BCUT2D eigenvalue weighted by atomic mass is 16.3. The second-order valence-corrected chi connectivity index (χ2v) is 6.10. The number of nitrogens with two attached hydrogens (primary N) is 1. The minimum atomic E-state index is -0.294. The molecule has 25 heavy (non-hydrogen) atoms. The molecular weight excluding hydrogens is 312 g/mol. The van der Waals surface area contributed by atoms with Crippen LogP contribution in [0.2, 0.25) is 0 Å². The van der Waals surface area contributed by atoms with E-state index in [1.807, 2.05) is 73.7 Å². The summed E-state index contributed by atoms with van der Waals surface area (Å²) in [4.78, 5) is 12.8. The van der Waals surface area contributed by atoms with E-state index >= 15 is 0 Å². The van der Waals surface area contributed by atoms with Crippen LogP contribution in [-0.4, -0.2) is 12.5 Å². The van der Waals surface area contributed by atoms with Gasteiger partial charge in [-0.25, -0.2) is 0 Å². The molecule has 0 aliphatic heterocycles. The van der Waals surface area contributed by atoms with Gasteiger partial charge in [0, 0.05) is 11.3 Å². The summed E-state index contributed by atoms with van der Waals surface area (Å²) in [5.41, 5.74) is 2.98. The molecule has 0 spiro atoms. The monoisotopic (exact) mass is 335 g/mol. The molecule has 0 bridgehead atoms. The van der Waals surface area contributed by atoms with E-state index in [2.05, 4.69) is 10.6 Å². The zero-order chi connectivity index (χ0) is 17.5. The first kappa shape index (κ1) is 17.0. The summed E-state index contributed by atoms with van der Waals surface area (Å²) >= 11 is 0. The third-order valence-corrected chi connectivity index (χ3v) is 4.13. The highest BCUT2D eigenvalue weighted by Crippen LogP contribution is 2.14. The van der Waals surface area contributed by atoms with Crippen LogP contribution in [0.5, 0.6) is 0 Å². The van der Waals surface area contributed by atoms with Crippen LogP contribution in [0.3, 0.4) is 0 Å². The molecule has 0 fully saturated rings. The highest BCUT2D eigenvalue weighted by Gasteiger charge is 2.24. The third-order valence-electron chi connectivity index (χ3n) is 4.13. The molecule has 3 aromatic rings. The number of hydrogen-bond acceptors (Lipinski definition) is 2. The molecule has 0 saturated heterocycles. The van der Waals surface area contributed by atoms with Crippen molar-refractivity contribution in [1.29, 1.82) is 0 Å². The first-order valence-corrected chi connectivity index (χ1v) is 8.50. The SMILES string of the molecule is Cc1ccc(NC(=O)[C@@H]([NH2+]CCc2ccco2)c2ccccc2)cc1. The van der Waals surface area contributed by atoms with E-state index in [9.17, 15) is 4.79 Å². The summed E-state index contributed by atoms with van der Waals surface area (Å²) in [7, 11) is 0. The maximum Gasteiger partial charge on any atom is 0.287 e. The molecule has 1 amide bonds. The van der Waals surface area contributed by atoms with Gasteiger partial charge >= 0.3 is 0 Å². The standard InChI is InChI=1S/C21H22N2O2/c1-16-9-11-18(12-10-16)23-21(24)20(17-6-3-2-4-7-17)22-14-13-19-8-5-15-25-19/h2-12,15,20,22H,13-14H2,1H3,(H,23,24)/p+1/t20-/m0/s1. The molecule has 0 aliphatic carbocycles. The van der Waals surface area contributed by atoms with Gasteiger partial charge in [0.1, 0.15) is 5.76 Å². The van der Waals surface area contributed by atoms with E-state index in [0.29, 0.717) is 0 Å². The molecule has 0 radical (unpaired) electrons. The molecule has 3 rings (SSSR count). The summed E-state index contributed by atoms with van der Waals surface area (Å²) in [5.74, 6) is 0.913. The third kappa shape index (κ3) is 4.81. The molecule has 0 saturated carbocycles. The van der Waals surface area contributed by atoms with E-state index in [0.717, 1.165) is 30.0 Å². The first-order chi connectivity index (χ1) is 12.2. The van der Waals surface area contributed by atoms with Gasteiger partial charge < -0.3 is 15.1 Å². The number of carbonyl (C=O) groups is 1. The number of aryl methyl sites for hydroxylation is 1. The summed E-state index contributed by atoms with van der Waals surface area (Å²) in [6.45, 7) is 2.80. The van der Waals surface area contributed by atoms with Crippen LogP contribution in [-0.2, 0) is 11.2 Å². The number of nitrogens with one attached hydrogen (secondary N) is 1. The Labute approximate surface area is 147 Å². The van der Waals surface area contributed by atoms with Crippen molar-refractivity contribution in [2.75, 3.05) is 11.9 Å². The van der Waals surface area contributed by atoms with Crippen molar-refractivity contribution in [2.45, 2.75) is 19.4 Å². The predicted molar refractivity (Wildman–Crippen MR) is 98.2 cm³/mol. The van der Waals surface area contributed by atoms with Crippen LogP contribution in [0, 0.1) is 6.92 Å². The second kappa shape index (κ2) is 8.31. The summed E-state index contributed by atoms with van der Waals surface area (Å²) in [6, 6.07) is 21.2. The molecule has 4 heteroatoms. The smallest absolute Gasteiger partial charge is 0.287 e. The number of quaternary nitrogens is 1. The topological polar surface area (TPSA) is 58.9 Å².